The highest BCUT2D eigenvalue weighted by atomic mass is 16.7. The lowest BCUT2D eigenvalue weighted by atomic mass is 9.48. The van der Waals surface area contributed by atoms with E-state index in [1.165, 1.54) is 11.1 Å². The van der Waals surface area contributed by atoms with Crippen molar-refractivity contribution in [2.45, 2.75) is 61.1 Å². The molecule has 2 saturated heterocycles. The van der Waals surface area contributed by atoms with Crippen molar-refractivity contribution in [3.05, 3.63) is 23.3 Å². The summed E-state index contributed by atoms with van der Waals surface area (Å²) >= 11 is 0. The fraction of sp³-hybridized carbons (Fsp3) is 0.714. The fourth-order valence-electron chi connectivity index (χ4n) is 6.84. The molecule has 3 aliphatic heterocycles. The number of ether oxygens (including phenoxy) is 4. The van der Waals surface area contributed by atoms with Crippen LogP contribution in [0.3, 0.4) is 0 Å². The van der Waals surface area contributed by atoms with Crippen LogP contribution >= 0.6 is 0 Å². The Hall–Kier alpha value is -1.34. The summed E-state index contributed by atoms with van der Waals surface area (Å²) < 4.78 is 23.5. The van der Waals surface area contributed by atoms with Crippen LogP contribution in [-0.4, -0.2) is 72.2 Å². The van der Waals surface area contributed by atoms with Gasteiger partial charge < -0.3 is 29.0 Å². The second kappa shape index (κ2) is 5.17. The lowest BCUT2D eigenvalue weighted by Crippen LogP contribution is -2.79. The summed E-state index contributed by atoms with van der Waals surface area (Å²) in [5, 5.41) is 12.2. The van der Waals surface area contributed by atoms with Gasteiger partial charge in [0.15, 0.2) is 0 Å². The number of piperidine rings is 1. The van der Waals surface area contributed by atoms with Gasteiger partial charge in [-0.2, -0.15) is 0 Å². The SMILES string of the molecule is COc1ccc2c3c1[OH+]C1C4(CCC5(O)[C@@H](C2)N(C)CC[C@]315)OCCCO4. The number of likely N-dealkylation sites (tertiary alicyclic amines) is 1. The van der Waals surface area contributed by atoms with E-state index in [-0.39, 0.29) is 12.1 Å². The molecule has 146 valence electrons. The van der Waals surface area contributed by atoms with Crippen molar-refractivity contribution >= 4 is 0 Å². The first-order chi connectivity index (χ1) is 13.1. The molecule has 2 aliphatic carbocycles. The Balaban J connectivity index is 1.63. The van der Waals surface area contributed by atoms with E-state index in [1.54, 1.807) is 7.11 Å². The number of methoxy groups -OCH3 is 1. The minimum atomic E-state index is -0.811. The molecule has 2 N–H and O–H groups in total. The molecular weight excluding hydrogens is 346 g/mol. The number of fused-ring (bicyclic) bond motifs is 1. The minimum Gasteiger partial charge on any atom is -0.573 e. The Morgan fingerprint density at radius 2 is 2.04 bits per heavy atom. The Kier molecular flexibility index (Phi) is 3.18. The lowest BCUT2D eigenvalue weighted by molar-refractivity contribution is -0.375. The van der Waals surface area contributed by atoms with E-state index < -0.39 is 16.8 Å². The zero-order chi connectivity index (χ0) is 18.4. The maximum Gasteiger partial charge on any atom is 0.302 e. The minimum absolute atomic E-state index is 0.108. The van der Waals surface area contributed by atoms with Gasteiger partial charge in [0, 0.05) is 12.5 Å². The highest BCUT2D eigenvalue weighted by molar-refractivity contribution is 5.62. The third kappa shape index (κ3) is 1.73. The molecule has 5 aliphatic rings. The van der Waals surface area contributed by atoms with Crippen LogP contribution in [-0.2, 0) is 21.3 Å². The summed E-state index contributed by atoms with van der Waals surface area (Å²) in [6.07, 6.45) is 3.80. The van der Waals surface area contributed by atoms with E-state index >= 15 is 0 Å². The van der Waals surface area contributed by atoms with Gasteiger partial charge >= 0.3 is 5.75 Å². The molecular formula is C21H28NO5+. The number of benzene rings is 1. The molecule has 3 fully saturated rings. The summed E-state index contributed by atoms with van der Waals surface area (Å²) in [6.45, 7) is 2.35. The van der Waals surface area contributed by atoms with Gasteiger partial charge in [-0.05, 0) is 50.9 Å². The smallest absolute Gasteiger partial charge is 0.302 e. The molecule has 2 unspecified atom stereocenters. The van der Waals surface area contributed by atoms with Gasteiger partial charge in [0.2, 0.25) is 5.75 Å². The van der Waals surface area contributed by atoms with Gasteiger partial charge in [0.1, 0.15) is 5.41 Å². The Labute approximate surface area is 159 Å². The average molecular weight is 374 g/mol. The molecule has 4 atom stereocenters. The molecule has 6 rings (SSSR count). The second-order valence-electron chi connectivity index (χ2n) is 8.89. The van der Waals surface area contributed by atoms with Crippen molar-refractivity contribution in [2.24, 2.45) is 0 Å². The van der Waals surface area contributed by atoms with Crippen molar-refractivity contribution in [3.63, 3.8) is 0 Å². The van der Waals surface area contributed by atoms with Crippen LogP contribution in [0.5, 0.6) is 11.5 Å². The molecule has 2 bridgehead atoms. The lowest BCUT2D eigenvalue weighted by Gasteiger charge is -2.63. The summed E-state index contributed by atoms with van der Waals surface area (Å²) in [5.74, 6) is 0.993. The molecule has 1 aromatic carbocycles. The second-order valence-corrected chi connectivity index (χ2v) is 8.89. The van der Waals surface area contributed by atoms with Crippen LogP contribution in [0.25, 0.3) is 0 Å². The predicted molar refractivity (Wildman–Crippen MR) is 98.3 cm³/mol. The molecule has 0 radical (unpaired) electrons. The van der Waals surface area contributed by atoms with Crippen LogP contribution < -0.4 is 4.74 Å². The van der Waals surface area contributed by atoms with Crippen LogP contribution in [0.2, 0.25) is 0 Å². The number of hydrogen-bond acceptors (Lipinski definition) is 5. The fourth-order valence-corrected chi connectivity index (χ4v) is 6.84. The number of aromatic hydroxyl groups is 1. The monoisotopic (exact) mass is 374 g/mol. The van der Waals surface area contributed by atoms with Crippen molar-refractivity contribution in [3.8, 4) is 11.5 Å². The van der Waals surface area contributed by atoms with E-state index in [0.717, 1.165) is 37.3 Å². The molecule has 6 heteroatoms. The van der Waals surface area contributed by atoms with Crippen LogP contribution in [0.1, 0.15) is 36.8 Å². The van der Waals surface area contributed by atoms with Crippen LogP contribution in [0.4, 0.5) is 0 Å². The average Bonchev–Trinajstić information content (AvgIpc) is 3.05. The van der Waals surface area contributed by atoms with Gasteiger partial charge in [0.05, 0.1) is 31.5 Å². The molecule has 27 heavy (non-hydrogen) atoms. The normalized spacial score (nSPS) is 41.1. The molecule has 1 saturated carbocycles. The first-order valence-corrected chi connectivity index (χ1v) is 10.2. The summed E-state index contributed by atoms with van der Waals surface area (Å²) in [6, 6.07) is 4.31. The van der Waals surface area contributed by atoms with Crippen molar-refractivity contribution in [1.29, 1.82) is 0 Å². The molecule has 2 spiro atoms. The maximum atomic E-state index is 12.2. The van der Waals surface area contributed by atoms with Gasteiger partial charge in [-0.25, -0.2) is 0 Å². The van der Waals surface area contributed by atoms with E-state index in [4.69, 9.17) is 18.9 Å². The largest absolute Gasteiger partial charge is 0.573 e. The van der Waals surface area contributed by atoms with Gasteiger partial charge in [-0.15, -0.1) is 0 Å². The number of likely N-dealkylation sites (N-methyl/N-ethyl adjacent to an activating group) is 1. The first-order valence-electron chi connectivity index (χ1n) is 10.2. The van der Waals surface area contributed by atoms with Crippen molar-refractivity contribution in [2.75, 3.05) is 33.9 Å². The van der Waals surface area contributed by atoms with Crippen LogP contribution in [0.15, 0.2) is 12.1 Å². The quantitative estimate of drug-likeness (QED) is 0.755. The van der Waals surface area contributed by atoms with Gasteiger partial charge in [0.25, 0.3) is 11.9 Å². The highest BCUT2D eigenvalue weighted by Gasteiger charge is 2.80. The summed E-state index contributed by atoms with van der Waals surface area (Å²) in [5.41, 5.74) is 1.24. The Morgan fingerprint density at radius 3 is 2.81 bits per heavy atom. The van der Waals surface area contributed by atoms with E-state index in [1.807, 2.05) is 6.07 Å². The molecule has 6 nitrogen and oxygen atoms in total. The molecule has 3 heterocycles. The molecule has 0 aromatic heterocycles. The molecule has 0 amide bonds. The Morgan fingerprint density at radius 1 is 1.22 bits per heavy atom. The standard InChI is InChI=1S/C21H27NO5/c1-22-9-8-19-16-13-4-5-14(24-2)17(16)27-18(19)21(25-10-3-11-26-21)7-6-20(19,23)15(22)12-13/h4-5,15,18,23H,3,6-12H2,1-2H3/p+1/t15-,18?,19+,20?/m1/s1. The number of nitrogens with zero attached hydrogens (tertiary/aromatic N) is 1. The van der Waals surface area contributed by atoms with E-state index in [9.17, 15) is 5.11 Å². The zero-order valence-electron chi connectivity index (χ0n) is 16.0. The summed E-state index contributed by atoms with van der Waals surface area (Å²) in [7, 11) is 3.84. The maximum absolute atomic E-state index is 12.2. The van der Waals surface area contributed by atoms with Gasteiger partial charge in [-0.3, -0.25) is 0 Å². The van der Waals surface area contributed by atoms with Crippen molar-refractivity contribution < 1.29 is 24.1 Å². The highest BCUT2D eigenvalue weighted by Crippen LogP contribution is 2.68. The van der Waals surface area contributed by atoms with E-state index in [0.29, 0.717) is 26.1 Å². The van der Waals surface area contributed by atoms with Crippen molar-refractivity contribution in [1.82, 2.24) is 4.90 Å². The molecule has 1 aromatic rings. The van der Waals surface area contributed by atoms with Gasteiger partial charge in [-0.1, -0.05) is 6.07 Å². The third-order valence-corrected chi connectivity index (χ3v) is 8.00. The van der Waals surface area contributed by atoms with Crippen LogP contribution in [0, 0.1) is 0 Å². The summed E-state index contributed by atoms with van der Waals surface area (Å²) in [4.78, 5) is 2.34. The third-order valence-electron chi connectivity index (χ3n) is 8.00. The topological polar surface area (TPSA) is 64.0 Å². The predicted octanol–water partition coefficient (Wildman–Crippen LogP) is 1.47. The first kappa shape index (κ1) is 16.6. The number of hydrogen-bond donors (Lipinski definition) is 1. The Bertz CT molecular complexity index is 806. The van der Waals surface area contributed by atoms with E-state index in [2.05, 4.69) is 18.0 Å². The number of aliphatic hydroxyl groups is 2. The zero-order valence-corrected chi connectivity index (χ0v) is 16.0. The number of rotatable bonds is 1.